The van der Waals surface area contributed by atoms with Crippen molar-refractivity contribution in [1.29, 1.82) is 0 Å². The number of thioether (sulfide) groups is 1. The molecule has 0 aliphatic carbocycles. The minimum Gasteiger partial charge on any atom is -0.497 e. The number of carbonyl (C=O) groups is 3. The van der Waals surface area contributed by atoms with Crippen LogP contribution in [0.5, 0.6) is 5.75 Å². The van der Waals surface area contributed by atoms with Gasteiger partial charge in [0.25, 0.3) is 5.91 Å². The molecule has 1 aromatic carbocycles. The summed E-state index contributed by atoms with van der Waals surface area (Å²) in [6, 6.07) is 6.70. The van der Waals surface area contributed by atoms with Crippen molar-refractivity contribution in [2.24, 2.45) is 5.92 Å². The molecule has 2 rings (SSSR count). The van der Waals surface area contributed by atoms with Crippen LogP contribution in [0.2, 0.25) is 0 Å². The van der Waals surface area contributed by atoms with E-state index in [0.717, 1.165) is 5.75 Å². The van der Waals surface area contributed by atoms with Gasteiger partial charge in [0, 0.05) is 5.56 Å². The first kappa shape index (κ1) is 18.1. The van der Waals surface area contributed by atoms with E-state index < -0.39 is 17.9 Å². The van der Waals surface area contributed by atoms with Crippen LogP contribution in [0.3, 0.4) is 0 Å². The Morgan fingerprint density at radius 1 is 1.25 bits per heavy atom. The van der Waals surface area contributed by atoms with Crippen LogP contribution >= 0.6 is 11.8 Å². The molecule has 7 nitrogen and oxygen atoms in total. The second-order valence-corrected chi connectivity index (χ2v) is 6.35. The van der Waals surface area contributed by atoms with Gasteiger partial charge in [-0.25, -0.2) is 4.79 Å². The van der Waals surface area contributed by atoms with E-state index in [1.165, 1.54) is 11.8 Å². The van der Waals surface area contributed by atoms with Crippen LogP contribution in [0.1, 0.15) is 23.7 Å². The second kappa shape index (κ2) is 8.58. The Morgan fingerprint density at radius 2 is 1.96 bits per heavy atom. The summed E-state index contributed by atoms with van der Waals surface area (Å²) in [5, 5.41) is 4.66. The van der Waals surface area contributed by atoms with Crippen LogP contribution in [-0.2, 0) is 9.53 Å². The quantitative estimate of drug-likeness (QED) is 0.839. The highest BCUT2D eigenvalue weighted by molar-refractivity contribution is 8.00. The molecule has 2 unspecified atom stereocenters. The van der Waals surface area contributed by atoms with Crippen molar-refractivity contribution in [3.05, 3.63) is 29.8 Å². The van der Waals surface area contributed by atoms with E-state index in [1.807, 2.05) is 0 Å². The first-order valence-corrected chi connectivity index (χ1v) is 8.64. The molecular formula is C16H20N2O5S. The van der Waals surface area contributed by atoms with Crippen molar-refractivity contribution in [2.45, 2.75) is 18.7 Å². The molecule has 1 fully saturated rings. The van der Waals surface area contributed by atoms with E-state index in [2.05, 4.69) is 10.6 Å². The van der Waals surface area contributed by atoms with Crippen LogP contribution in [0.15, 0.2) is 24.3 Å². The number of hydrogen-bond donors (Lipinski definition) is 2. The predicted octanol–water partition coefficient (Wildman–Crippen LogP) is 1.78. The first-order valence-electron chi connectivity index (χ1n) is 7.59. The van der Waals surface area contributed by atoms with Crippen molar-refractivity contribution in [3.63, 3.8) is 0 Å². The number of methoxy groups -OCH3 is 1. The third-order valence-electron chi connectivity index (χ3n) is 3.55. The van der Waals surface area contributed by atoms with Gasteiger partial charge in [-0.3, -0.25) is 14.9 Å². The molecule has 1 aliphatic heterocycles. The lowest BCUT2D eigenvalue weighted by atomic mass is 10.1. The summed E-state index contributed by atoms with van der Waals surface area (Å²) in [5.41, 5.74) is 0.479. The fourth-order valence-electron chi connectivity index (χ4n) is 2.32. The zero-order valence-corrected chi connectivity index (χ0v) is 14.4. The third-order valence-corrected chi connectivity index (χ3v) is 4.83. The molecule has 0 aromatic heterocycles. The largest absolute Gasteiger partial charge is 0.497 e. The molecule has 3 amide bonds. The average Bonchev–Trinajstić information content (AvgIpc) is 3.03. The highest BCUT2D eigenvalue weighted by Gasteiger charge is 2.35. The monoisotopic (exact) mass is 352 g/mol. The van der Waals surface area contributed by atoms with Crippen molar-refractivity contribution in [3.8, 4) is 5.75 Å². The number of ether oxygens (including phenoxy) is 2. The van der Waals surface area contributed by atoms with Crippen molar-refractivity contribution in [2.75, 3.05) is 19.5 Å². The summed E-state index contributed by atoms with van der Waals surface area (Å²) in [6.07, 6.45) is -0.177. The molecule has 8 heteroatoms. The molecule has 1 aromatic rings. The Balaban J connectivity index is 1.95. The highest BCUT2D eigenvalue weighted by atomic mass is 32.2. The molecule has 1 heterocycles. The average molecular weight is 352 g/mol. The molecule has 0 saturated carbocycles. The minimum atomic E-state index is -0.764. The Labute approximate surface area is 144 Å². The Bertz CT molecular complexity index is 605. The summed E-state index contributed by atoms with van der Waals surface area (Å²) >= 11 is 1.48. The molecule has 24 heavy (non-hydrogen) atoms. The van der Waals surface area contributed by atoms with Gasteiger partial charge in [-0.1, -0.05) is 0 Å². The van der Waals surface area contributed by atoms with E-state index in [4.69, 9.17) is 9.47 Å². The maximum atomic E-state index is 12.3. The van der Waals surface area contributed by atoms with Crippen LogP contribution < -0.4 is 15.4 Å². The van der Waals surface area contributed by atoms with Crippen LogP contribution in [-0.4, -0.2) is 42.8 Å². The number of nitrogens with one attached hydrogen (secondary N) is 2. The maximum absolute atomic E-state index is 12.3. The van der Waals surface area contributed by atoms with Gasteiger partial charge in [-0.15, -0.1) is 11.8 Å². The summed E-state index contributed by atoms with van der Waals surface area (Å²) in [6.45, 7) is 1.85. The normalized spacial score (nSPS) is 19.4. The van der Waals surface area contributed by atoms with Crippen LogP contribution in [0.4, 0.5) is 4.79 Å². The van der Waals surface area contributed by atoms with E-state index in [0.29, 0.717) is 17.7 Å². The van der Waals surface area contributed by atoms with E-state index in [9.17, 15) is 14.4 Å². The summed E-state index contributed by atoms with van der Waals surface area (Å²) < 4.78 is 9.76. The number of amides is 3. The molecule has 2 N–H and O–H groups in total. The fourth-order valence-corrected chi connectivity index (χ4v) is 3.64. The number of alkyl carbamates (subject to hydrolysis) is 1. The second-order valence-electron chi connectivity index (χ2n) is 5.10. The summed E-state index contributed by atoms with van der Waals surface area (Å²) in [5.74, 6) is 0.216. The van der Waals surface area contributed by atoms with Gasteiger partial charge in [-0.05, 0) is 43.4 Å². The maximum Gasteiger partial charge on any atom is 0.413 e. The van der Waals surface area contributed by atoms with Gasteiger partial charge in [0.1, 0.15) is 5.75 Å². The lowest BCUT2D eigenvalue weighted by molar-refractivity contribution is -0.124. The van der Waals surface area contributed by atoms with Crippen molar-refractivity contribution >= 4 is 29.7 Å². The number of benzene rings is 1. The van der Waals surface area contributed by atoms with E-state index in [-0.39, 0.29) is 17.9 Å². The number of rotatable bonds is 5. The van der Waals surface area contributed by atoms with Gasteiger partial charge in [-0.2, -0.15) is 0 Å². The molecule has 1 aliphatic rings. The predicted molar refractivity (Wildman–Crippen MR) is 90.0 cm³/mol. The lowest BCUT2D eigenvalue weighted by Crippen LogP contribution is -2.44. The number of imide groups is 1. The smallest absolute Gasteiger partial charge is 0.413 e. The zero-order chi connectivity index (χ0) is 17.5. The summed E-state index contributed by atoms with van der Waals surface area (Å²) in [7, 11) is 1.55. The highest BCUT2D eigenvalue weighted by Crippen LogP contribution is 2.31. The van der Waals surface area contributed by atoms with Gasteiger partial charge >= 0.3 is 6.09 Å². The van der Waals surface area contributed by atoms with Gasteiger partial charge < -0.3 is 14.8 Å². The minimum absolute atomic E-state index is 0.191. The van der Waals surface area contributed by atoms with Crippen LogP contribution in [0.25, 0.3) is 0 Å². The molecule has 0 bridgehead atoms. The molecule has 2 atom stereocenters. The lowest BCUT2D eigenvalue weighted by Gasteiger charge is -2.19. The van der Waals surface area contributed by atoms with Gasteiger partial charge in [0.05, 0.1) is 25.0 Å². The number of carbonyl (C=O) groups excluding carboxylic acids is 3. The standard InChI is InChI=1S/C16H20N2O5S/c1-3-23-16(21)18-14(20)12-8-9-24-15(12)17-13(19)10-4-6-11(22-2)7-5-10/h4-7,12,15H,3,8-9H2,1-2H3,(H,17,19)(H,18,20,21). The van der Waals surface area contributed by atoms with E-state index in [1.54, 1.807) is 38.3 Å². The molecule has 130 valence electrons. The Kier molecular flexibility index (Phi) is 6.48. The van der Waals surface area contributed by atoms with Gasteiger partial charge in [0.2, 0.25) is 5.91 Å². The van der Waals surface area contributed by atoms with Gasteiger partial charge in [0.15, 0.2) is 0 Å². The summed E-state index contributed by atoms with van der Waals surface area (Å²) in [4.78, 5) is 35.8. The third kappa shape index (κ3) is 4.64. The van der Waals surface area contributed by atoms with Crippen molar-refractivity contribution < 1.29 is 23.9 Å². The Hall–Kier alpha value is -2.22. The molecule has 0 radical (unpaired) electrons. The SMILES string of the molecule is CCOC(=O)NC(=O)C1CCSC1NC(=O)c1ccc(OC)cc1. The fraction of sp³-hybridized carbons (Fsp3) is 0.438. The Morgan fingerprint density at radius 3 is 2.58 bits per heavy atom. The van der Waals surface area contributed by atoms with E-state index >= 15 is 0 Å². The number of hydrogen-bond acceptors (Lipinski definition) is 6. The zero-order valence-electron chi connectivity index (χ0n) is 13.5. The molecule has 0 spiro atoms. The van der Waals surface area contributed by atoms with Crippen LogP contribution in [0, 0.1) is 5.92 Å². The van der Waals surface area contributed by atoms with Crippen molar-refractivity contribution in [1.82, 2.24) is 10.6 Å². The molecule has 1 saturated heterocycles. The first-order chi connectivity index (χ1) is 11.5. The topological polar surface area (TPSA) is 93.7 Å². The molecular weight excluding hydrogens is 332 g/mol.